The molecule has 1 atom stereocenters. The van der Waals surface area contributed by atoms with Crippen LogP contribution in [0.1, 0.15) is 40.5 Å². The number of carbonyl (C=O) groups is 2. The zero-order chi connectivity index (χ0) is 18.5. The fraction of sp³-hybridized carbons (Fsp3) is 0.350. The number of nitrogens with one attached hydrogen (secondary N) is 1. The first kappa shape index (κ1) is 17.9. The van der Waals surface area contributed by atoms with Gasteiger partial charge in [-0.25, -0.2) is 9.78 Å². The van der Waals surface area contributed by atoms with Crippen LogP contribution in [0, 0.1) is 5.92 Å². The van der Waals surface area contributed by atoms with Gasteiger partial charge in [0.15, 0.2) is 0 Å². The Morgan fingerprint density at radius 1 is 1.23 bits per heavy atom. The van der Waals surface area contributed by atoms with Crippen molar-refractivity contribution >= 4 is 23.4 Å². The Morgan fingerprint density at radius 3 is 2.73 bits per heavy atom. The molecule has 6 heteroatoms. The molecule has 0 spiro atoms. The molecule has 1 aliphatic rings. The lowest BCUT2D eigenvalue weighted by Gasteiger charge is -2.30. The van der Waals surface area contributed by atoms with Gasteiger partial charge < -0.3 is 15.0 Å². The van der Waals surface area contributed by atoms with Gasteiger partial charge in [-0.1, -0.05) is 19.1 Å². The number of carbonyl (C=O) groups excluding carboxylic acids is 2. The van der Waals surface area contributed by atoms with E-state index in [1.807, 2.05) is 11.0 Å². The van der Waals surface area contributed by atoms with E-state index in [-0.39, 0.29) is 5.91 Å². The van der Waals surface area contributed by atoms with Gasteiger partial charge in [-0.05, 0) is 43.0 Å². The smallest absolute Gasteiger partial charge is 0.339 e. The minimum atomic E-state index is -0.417. The maximum absolute atomic E-state index is 12.6. The fourth-order valence-electron chi connectivity index (χ4n) is 3.17. The molecular weight excluding hydrogens is 330 g/mol. The molecule has 1 unspecified atom stereocenters. The fourth-order valence-corrected chi connectivity index (χ4v) is 3.17. The van der Waals surface area contributed by atoms with E-state index >= 15 is 0 Å². The molecule has 1 aliphatic heterocycles. The Bertz CT molecular complexity index is 789. The number of benzene rings is 1. The van der Waals surface area contributed by atoms with Gasteiger partial charge in [-0.2, -0.15) is 0 Å². The van der Waals surface area contributed by atoms with Crippen molar-refractivity contribution in [1.29, 1.82) is 0 Å². The third kappa shape index (κ3) is 4.02. The molecule has 0 radical (unpaired) electrons. The molecule has 0 aliphatic carbocycles. The first-order valence-corrected chi connectivity index (χ1v) is 8.78. The van der Waals surface area contributed by atoms with Gasteiger partial charge in [0.2, 0.25) is 0 Å². The Kier molecular flexibility index (Phi) is 5.51. The summed E-state index contributed by atoms with van der Waals surface area (Å²) in [4.78, 5) is 30.7. The zero-order valence-electron chi connectivity index (χ0n) is 15.1. The zero-order valence-corrected chi connectivity index (χ0v) is 15.1. The Morgan fingerprint density at radius 2 is 2.04 bits per heavy atom. The number of ether oxygens (including phenoxy) is 1. The summed E-state index contributed by atoms with van der Waals surface area (Å²) in [5, 5.41) is 3.10. The van der Waals surface area contributed by atoms with Crippen LogP contribution in [0.5, 0.6) is 0 Å². The number of likely N-dealkylation sites (tertiary alicyclic amines) is 1. The van der Waals surface area contributed by atoms with Crippen LogP contribution in [-0.2, 0) is 4.74 Å². The number of piperidine rings is 1. The highest BCUT2D eigenvalue weighted by atomic mass is 16.5. The van der Waals surface area contributed by atoms with E-state index in [0.29, 0.717) is 28.6 Å². The minimum absolute atomic E-state index is 0.0190. The van der Waals surface area contributed by atoms with Gasteiger partial charge >= 0.3 is 5.97 Å². The van der Waals surface area contributed by atoms with Crippen molar-refractivity contribution < 1.29 is 14.3 Å². The molecule has 1 aromatic heterocycles. The first-order valence-electron chi connectivity index (χ1n) is 8.78. The van der Waals surface area contributed by atoms with E-state index in [2.05, 4.69) is 17.2 Å². The molecular formula is C20H23N3O3. The van der Waals surface area contributed by atoms with Gasteiger partial charge in [-0.15, -0.1) is 0 Å². The van der Waals surface area contributed by atoms with Gasteiger partial charge in [0, 0.05) is 19.3 Å². The van der Waals surface area contributed by atoms with Crippen LogP contribution in [-0.4, -0.2) is 42.0 Å². The summed E-state index contributed by atoms with van der Waals surface area (Å²) in [5.74, 6) is 0.700. The maximum atomic E-state index is 12.6. The molecule has 1 saturated heterocycles. The van der Waals surface area contributed by atoms with Crippen LogP contribution in [0.15, 0.2) is 42.6 Å². The SMILES string of the molecule is COC(=O)c1ccccc1Nc1ccc(C(=O)N2CCCC(C)C2)cn1. The highest BCUT2D eigenvalue weighted by Crippen LogP contribution is 2.21. The van der Waals surface area contributed by atoms with E-state index < -0.39 is 5.97 Å². The number of rotatable bonds is 4. The van der Waals surface area contributed by atoms with Crippen LogP contribution in [0.4, 0.5) is 11.5 Å². The second-order valence-corrected chi connectivity index (χ2v) is 6.59. The summed E-state index contributed by atoms with van der Waals surface area (Å²) in [6.45, 7) is 3.77. The second-order valence-electron chi connectivity index (χ2n) is 6.59. The number of esters is 1. The summed E-state index contributed by atoms with van der Waals surface area (Å²) >= 11 is 0. The number of nitrogens with zero attached hydrogens (tertiary/aromatic N) is 2. The number of amides is 1. The lowest BCUT2D eigenvalue weighted by molar-refractivity contribution is 0.0601. The van der Waals surface area contributed by atoms with Gasteiger partial charge in [0.1, 0.15) is 5.82 Å². The molecule has 1 fully saturated rings. The van der Waals surface area contributed by atoms with Gasteiger partial charge in [0.25, 0.3) is 5.91 Å². The van der Waals surface area contributed by atoms with Crippen molar-refractivity contribution in [3.05, 3.63) is 53.7 Å². The van der Waals surface area contributed by atoms with Crippen molar-refractivity contribution in [3.63, 3.8) is 0 Å². The lowest BCUT2D eigenvalue weighted by atomic mass is 10.00. The highest BCUT2D eigenvalue weighted by Gasteiger charge is 2.22. The van der Waals surface area contributed by atoms with Crippen LogP contribution >= 0.6 is 0 Å². The summed E-state index contributed by atoms with van der Waals surface area (Å²) in [6, 6.07) is 10.6. The standard InChI is InChI=1S/C20H23N3O3/c1-14-6-5-11-23(13-14)19(24)15-9-10-18(21-12-15)22-17-8-4-3-7-16(17)20(25)26-2/h3-4,7-10,12,14H,5-6,11,13H2,1-2H3,(H,21,22). The van der Waals surface area contributed by atoms with Crippen molar-refractivity contribution in [2.45, 2.75) is 19.8 Å². The van der Waals surface area contributed by atoms with Crippen LogP contribution in [0.25, 0.3) is 0 Å². The summed E-state index contributed by atoms with van der Waals surface area (Å²) in [7, 11) is 1.35. The molecule has 6 nitrogen and oxygen atoms in total. The number of aromatic nitrogens is 1. The van der Waals surface area contributed by atoms with Crippen molar-refractivity contribution in [3.8, 4) is 0 Å². The average Bonchev–Trinajstić information content (AvgIpc) is 2.68. The molecule has 3 rings (SSSR count). The van der Waals surface area contributed by atoms with Crippen LogP contribution in [0.2, 0.25) is 0 Å². The first-order chi connectivity index (χ1) is 12.6. The van der Waals surface area contributed by atoms with E-state index in [0.717, 1.165) is 19.5 Å². The summed E-state index contributed by atoms with van der Waals surface area (Å²) < 4.78 is 4.79. The number of hydrogen-bond donors (Lipinski definition) is 1. The van der Waals surface area contributed by atoms with Crippen LogP contribution in [0.3, 0.4) is 0 Å². The largest absolute Gasteiger partial charge is 0.465 e. The van der Waals surface area contributed by atoms with Crippen molar-refractivity contribution in [2.24, 2.45) is 5.92 Å². The third-order valence-corrected chi connectivity index (χ3v) is 4.55. The molecule has 0 saturated carbocycles. The highest BCUT2D eigenvalue weighted by molar-refractivity contribution is 5.96. The normalized spacial score (nSPS) is 16.8. The molecule has 136 valence electrons. The Hall–Kier alpha value is -2.89. The third-order valence-electron chi connectivity index (χ3n) is 4.55. The number of hydrogen-bond acceptors (Lipinski definition) is 5. The van der Waals surface area contributed by atoms with E-state index in [4.69, 9.17) is 4.74 Å². The Balaban J connectivity index is 1.72. The lowest BCUT2D eigenvalue weighted by Crippen LogP contribution is -2.39. The quantitative estimate of drug-likeness (QED) is 0.852. The minimum Gasteiger partial charge on any atom is -0.465 e. The number of para-hydroxylation sites is 1. The average molecular weight is 353 g/mol. The predicted octanol–water partition coefficient (Wildman–Crippen LogP) is 3.48. The van der Waals surface area contributed by atoms with Gasteiger partial charge in [0.05, 0.1) is 23.9 Å². The van der Waals surface area contributed by atoms with Gasteiger partial charge in [-0.3, -0.25) is 4.79 Å². The van der Waals surface area contributed by atoms with E-state index in [1.165, 1.54) is 13.5 Å². The molecule has 2 aromatic rings. The summed E-state index contributed by atoms with van der Waals surface area (Å²) in [6.07, 6.45) is 3.79. The molecule has 1 N–H and O–H groups in total. The molecule has 1 aromatic carbocycles. The molecule has 1 amide bonds. The molecule has 2 heterocycles. The van der Waals surface area contributed by atoms with E-state index in [9.17, 15) is 9.59 Å². The number of pyridine rings is 1. The molecule has 26 heavy (non-hydrogen) atoms. The maximum Gasteiger partial charge on any atom is 0.339 e. The number of methoxy groups -OCH3 is 1. The predicted molar refractivity (Wildman–Crippen MR) is 99.6 cm³/mol. The molecule has 0 bridgehead atoms. The van der Waals surface area contributed by atoms with Crippen LogP contribution < -0.4 is 5.32 Å². The summed E-state index contributed by atoms with van der Waals surface area (Å²) in [5.41, 5.74) is 1.61. The van der Waals surface area contributed by atoms with Crippen molar-refractivity contribution in [1.82, 2.24) is 9.88 Å². The number of anilines is 2. The monoisotopic (exact) mass is 353 g/mol. The van der Waals surface area contributed by atoms with Crippen molar-refractivity contribution in [2.75, 3.05) is 25.5 Å². The van der Waals surface area contributed by atoms with E-state index in [1.54, 1.807) is 36.5 Å². The second kappa shape index (κ2) is 7.99. The topological polar surface area (TPSA) is 71.5 Å². The Labute approximate surface area is 153 Å².